The second-order valence-corrected chi connectivity index (χ2v) is 6.33. The molecule has 8 nitrogen and oxygen atoms in total. The van der Waals surface area contributed by atoms with Crippen molar-refractivity contribution in [2.75, 3.05) is 35.1 Å². The number of anilines is 2. The topological polar surface area (TPSA) is 119 Å². The second kappa shape index (κ2) is 11.5. The molecule has 0 heterocycles. The van der Waals surface area contributed by atoms with Crippen LogP contribution in [-0.4, -0.2) is 59.1 Å². The highest BCUT2D eigenvalue weighted by Gasteiger charge is 2.22. The van der Waals surface area contributed by atoms with Gasteiger partial charge in [-0.3, -0.25) is 4.79 Å². The van der Waals surface area contributed by atoms with E-state index in [9.17, 15) is 23.2 Å². The van der Waals surface area contributed by atoms with Crippen LogP contribution in [0.2, 0.25) is 0 Å². The van der Waals surface area contributed by atoms with Gasteiger partial charge < -0.3 is 25.7 Å². The minimum Gasteiger partial charge on any atom is -0.481 e. The first-order chi connectivity index (χ1) is 13.2. The van der Waals surface area contributed by atoms with Gasteiger partial charge >= 0.3 is 18.0 Å². The Balaban J connectivity index is 2.90. The molecule has 1 atom stereocenters. The molecule has 2 amide bonds. The SMILES string of the molecule is O=C(O)CC[C@H](NC(=O)Nc1cc(F)c(N(CCCl)CCCl)c(F)c1)C(=O)O. The largest absolute Gasteiger partial charge is 0.481 e. The Bertz CT molecular complexity index is 695. The molecule has 0 aromatic heterocycles. The number of nitrogens with one attached hydrogen (secondary N) is 2. The van der Waals surface area contributed by atoms with Crippen molar-refractivity contribution in [3.8, 4) is 0 Å². The van der Waals surface area contributed by atoms with E-state index >= 15 is 0 Å². The molecule has 0 bridgehead atoms. The number of rotatable bonds is 11. The molecule has 1 rings (SSSR count). The van der Waals surface area contributed by atoms with Crippen molar-refractivity contribution in [2.45, 2.75) is 18.9 Å². The molecule has 0 radical (unpaired) electrons. The van der Waals surface area contributed by atoms with Crippen molar-refractivity contribution in [3.63, 3.8) is 0 Å². The number of urea groups is 1. The molecular weight excluding hydrogens is 423 g/mol. The Morgan fingerprint density at radius 3 is 2.04 bits per heavy atom. The van der Waals surface area contributed by atoms with Crippen LogP contribution in [0.5, 0.6) is 0 Å². The Hall–Kier alpha value is -2.33. The maximum Gasteiger partial charge on any atom is 0.326 e. The van der Waals surface area contributed by atoms with E-state index in [2.05, 4.69) is 5.32 Å². The molecule has 0 aliphatic carbocycles. The van der Waals surface area contributed by atoms with E-state index in [0.717, 1.165) is 12.1 Å². The van der Waals surface area contributed by atoms with Gasteiger partial charge in [0.2, 0.25) is 0 Å². The number of hydrogen-bond donors (Lipinski definition) is 4. The Morgan fingerprint density at radius 2 is 1.61 bits per heavy atom. The first kappa shape index (κ1) is 23.7. The molecule has 0 unspecified atom stereocenters. The summed E-state index contributed by atoms with van der Waals surface area (Å²) in [7, 11) is 0. The fraction of sp³-hybridized carbons (Fsp3) is 0.438. The highest BCUT2D eigenvalue weighted by atomic mass is 35.5. The quantitative estimate of drug-likeness (QED) is 0.392. The van der Waals surface area contributed by atoms with Gasteiger partial charge in [-0.25, -0.2) is 18.4 Å². The Labute approximate surface area is 169 Å². The van der Waals surface area contributed by atoms with Gasteiger partial charge in [-0.05, 0) is 18.6 Å². The summed E-state index contributed by atoms with van der Waals surface area (Å²) >= 11 is 11.3. The molecule has 0 spiro atoms. The molecule has 0 saturated heterocycles. The van der Waals surface area contributed by atoms with Gasteiger partial charge in [0.05, 0.1) is 0 Å². The predicted molar refractivity (Wildman–Crippen MR) is 100 cm³/mol. The molecule has 1 aromatic rings. The number of carbonyl (C=O) groups is 3. The fourth-order valence-corrected chi connectivity index (χ4v) is 2.74. The van der Waals surface area contributed by atoms with Gasteiger partial charge in [-0.2, -0.15) is 0 Å². The third kappa shape index (κ3) is 7.35. The van der Waals surface area contributed by atoms with E-state index in [0.29, 0.717) is 0 Å². The lowest BCUT2D eigenvalue weighted by molar-refractivity contribution is -0.140. The molecular formula is C16H19Cl2F2N3O5. The smallest absolute Gasteiger partial charge is 0.326 e. The van der Waals surface area contributed by atoms with Gasteiger partial charge in [0.1, 0.15) is 11.7 Å². The van der Waals surface area contributed by atoms with E-state index in [1.54, 1.807) is 0 Å². The number of hydrogen-bond acceptors (Lipinski definition) is 4. The van der Waals surface area contributed by atoms with Crippen LogP contribution in [0.4, 0.5) is 25.0 Å². The molecule has 156 valence electrons. The molecule has 12 heteroatoms. The van der Waals surface area contributed by atoms with Crippen LogP contribution in [0, 0.1) is 11.6 Å². The van der Waals surface area contributed by atoms with E-state index in [-0.39, 0.29) is 42.6 Å². The first-order valence-corrected chi connectivity index (χ1v) is 9.14. The number of carboxylic acids is 2. The first-order valence-electron chi connectivity index (χ1n) is 8.07. The lowest BCUT2D eigenvalue weighted by atomic mass is 10.1. The third-order valence-corrected chi connectivity index (χ3v) is 3.89. The summed E-state index contributed by atoms with van der Waals surface area (Å²) in [6.07, 6.45) is -0.836. The van der Waals surface area contributed by atoms with Crippen molar-refractivity contribution in [1.82, 2.24) is 5.32 Å². The summed E-state index contributed by atoms with van der Waals surface area (Å²) in [4.78, 5) is 34.8. The van der Waals surface area contributed by atoms with E-state index in [1.807, 2.05) is 5.32 Å². The predicted octanol–water partition coefficient (Wildman–Crippen LogP) is 2.69. The number of aliphatic carboxylic acids is 2. The maximum atomic E-state index is 14.4. The van der Waals surface area contributed by atoms with Crippen LogP contribution in [0.15, 0.2) is 12.1 Å². The average molecular weight is 442 g/mol. The van der Waals surface area contributed by atoms with E-state index in [1.165, 1.54) is 4.90 Å². The molecule has 0 fully saturated rings. The summed E-state index contributed by atoms with van der Waals surface area (Å²) in [5, 5.41) is 21.8. The zero-order valence-corrected chi connectivity index (χ0v) is 16.1. The minimum absolute atomic E-state index is 0.116. The number of benzene rings is 1. The summed E-state index contributed by atoms with van der Waals surface area (Å²) in [6, 6.07) is -0.809. The van der Waals surface area contributed by atoms with Crippen molar-refractivity contribution < 1.29 is 33.4 Å². The van der Waals surface area contributed by atoms with Crippen molar-refractivity contribution in [3.05, 3.63) is 23.8 Å². The van der Waals surface area contributed by atoms with E-state index < -0.39 is 42.1 Å². The van der Waals surface area contributed by atoms with Crippen molar-refractivity contribution in [2.24, 2.45) is 0 Å². The van der Waals surface area contributed by atoms with Crippen molar-refractivity contribution in [1.29, 1.82) is 0 Å². The van der Waals surface area contributed by atoms with Crippen LogP contribution in [0.1, 0.15) is 12.8 Å². The van der Waals surface area contributed by atoms with Gasteiger partial charge in [-0.1, -0.05) is 0 Å². The van der Waals surface area contributed by atoms with Crippen LogP contribution >= 0.6 is 23.2 Å². The number of amides is 2. The van der Waals surface area contributed by atoms with Crippen LogP contribution in [0.25, 0.3) is 0 Å². The van der Waals surface area contributed by atoms with Crippen LogP contribution < -0.4 is 15.5 Å². The zero-order valence-electron chi connectivity index (χ0n) is 14.6. The molecule has 0 aliphatic rings. The van der Waals surface area contributed by atoms with Gasteiger partial charge in [-0.15, -0.1) is 23.2 Å². The molecule has 0 aliphatic heterocycles. The fourth-order valence-electron chi connectivity index (χ4n) is 2.33. The number of carboxylic acid groups (broad SMARTS) is 2. The zero-order chi connectivity index (χ0) is 21.3. The summed E-state index contributed by atoms with van der Waals surface area (Å²) < 4.78 is 28.7. The summed E-state index contributed by atoms with van der Waals surface area (Å²) in [5.74, 6) is -4.37. The highest BCUT2D eigenvalue weighted by Crippen LogP contribution is 2.27. The molecule has 4 N–H and O–H groups in total. The van der Waals surface area contributed by atoms with Gasteiger partial charge in [0.25, 0.3) is 0 Å². The Kier molecular flexibility index (Phi) is 9.74. The Morgan fingerprint density at radius 1 is 1.07 bits per heavy atom. The van der Waals surface area contributed by atoms with Crippen molar-refractivity contribution >= 4 is 52.5 Å². The normalized spacial score (nSPS) is 11.6. The lowest BCUT2D eigenvalue weighted by Crippen LogP contribution is -2.43. The minimum atomic E-state index is -1.48. The number of carbonyl (C=O) groups excluding carboxylic acids is 1. The van der Waals surface area contributed by atoms with Crippen LogP contribution in [0.3, 0.4) is 0 Å². The summed E-state index contributed by atoms with van der Waals surface area (Å²) in [6.45, 7) is 0.304. The maximum absolute atomic E-state index is 14.4. The second-order valence-electron chi connectivity index (χ2n) is 5.58. The summed E-state index contributed by atoms with van der Waals surface area (Å²) in [5.41, 5.74) is -0.604. The highest BCUT2D eigenvalue weighted by molar-refractivity contribution is 6.18. The average Bonchev–Trinajstić information content (AvgIpc) is 2.57. The van der Waals surface area contributed by atoms with Gasteiger partial charge in [0, 0.05) is 37.0 Å². The number of halogens is 4. The number of alkyl halides is 2. The molecule has 28 heavy (non-hydrogen) atoms. The lowest BCUT2D eigenvalue weighted by Gasteiger charge is -2.24. The monoisotopic (exact) mass is 441 g/mol. The standard InChI is InChI=1S/C16H19Cl2F2N3O5/c17-3-5-23(6-4-18)14-10(19)7-9(8-11(14)20)21-16(28)22-12(15(26)27)1-2-13(24)25/h7-8,12H,1-6H2,(H,24,25)(H,26,27)(H2,21,22,28)/t12-/m0/s1. The number of nitrogens with zero attached hydrogens (tertiary/aromatic N) is 1. The van der Waals surface area contributed by atoms with Gasteiger partial charge in [0.15, 0.2) is 11.6 Å². The molecule has 1 aromatic carbocycles. The van der Waals surface area contributed by atoms with Crippen LogP contribution in [-0.2, 0) is 9.59 Å². The van der Waals surface area contributed by atoms with E-state index in [4.69, 9.17) is 33.4 Å². The molecule has 0 saturated carbocycles. The third-order valence-electron chi connectivity index (χ3n) is 3.55.